The summed E-state index contributed by atoms with van der Waals surface area (Å²) in [6.07, 6.45) is 5.24. The highest BCUT2D eigenvalue weighted by Crippen LogP contribution is 2.28. The molecule has 106 valence electrons. The van der Waals surface area contributed by atoms with E-state index in [1.165, 1.54) is 6.33 Å². The van der Waals surface area contributed by atoms with E-state index < -0.39 is 0 Å². The maximum atomic E-state index is 6.05. The maximum absolute atomic E-state index is 6.05. The number of nitrogens with two attached hydrogens (primary N) is 1. The molecule has 0 aliphatic heterocycles. The maximum Gasteiger partial charge on any atom is 0.159 e. The summed E-state index contributed by atoms with van der Waals surface area (Å²) in [5.41, 5.74) is 7.16. The van der Waals surface area contributed by atoms with Crippen LogP contribution in [0.2, 0.25) is 5.15 Å². The number of hydrogen-bond donors (Lipinski definition) is 3. The van der Waals surface area contributed by atoms with Crippen LogP contribution in [0.5, 0.6) is 0 Å². The molecule has 0 aliphatic rings. The van der Waals surface area contributed by atoms with Crippen LogP contribution in [0.3, 0.4) is 0 Å². The van der Waals surface area contributed by atoms with Gasteiger partial charge in [0.1, 0.15) is 12.0 Å². The van der Waals surface area contributed by atoms with Crippen LogP contribution in [-0.2, 0) is 0 Å². The van der Waals surface area contributed by atoms with Gasteiger partial charge in [-0.2, -0.15) is 0 Å². The number of hydrogen-bond acceptors (Lipinski definition) is 6. The first-order valence-corrected chi connectivity index (χ1v) is 6.82. The molecule has 0 aliphatic carbocycles. The molecule has 20 heavy (non-hydrogen) atoms. The van der Waals surface area contributed by atoms with Crippen LogP contribution in [0.1, 0.15) is 19.8 Å². The van der Waals surface area contributed by atoms with Gasteiger partial charge in [-0.25, -0.2) is 15.0 Å². The normalized spacial score (nSPS) is 10.3. The number of pyridine rings is 1. The van der Waals surface area contributed by atoms with Gasteiger partial charge in [0.15, 0.2) is 16.8 Å². The summed E-state index contributed by atoms with van der Waals surface area (Å²) in [7, 11) is 0. The first kappa shape index (κ1) is 14.3. The molecule has 2 aromatic heterocycles. The van der Waals surface area contributed by atoms with Gasteiger partial charge in [0.2, 0.25) is 0 Å². The molecule has 0 saturated carbocycles. The number of rotatable bonds is 6. The Kier molecular flexibility index (Phi) is 4.95. The lowest BCUT2D eigenvalue weighted by Gasteiger charge is -2.12. The number of anilines is 4. The average molecular weight is 293 g/mol. The number of nitrogens with zero attached hydrogens (tertiary/aromatic N) is 3. The molecule has 6 nitrogen and oxygen atoms in total. The van der Waals surface area contributed by atoms with Gasteiger partial charge >= 0.3 is 0 Å². The van der Waals surface area contributed by atoms with E-state index in [2.05, 4.69) is 32.5 Å². The van der Waals surface area contributed by atoms with Gasteiger partial charge in [-0.1, -0.05) is 24.9 Å². The predicted octanol–water partition coefficient (Wildman–Crippen LogP) is 3.06. The quantitative estimate of drug-likeness (QED) is 0.560. The van der Waals surface area contributed by atoms with Crippen molar-refractivity contribution in [1.82, 2.24) is 15.0 Å². The minimum Gasteiger partial charge on any atom is -0.393 e. The Hall–Kier alpha value is -2.08. The van der Waals surface area contributed by atoms with E-state index in [4.69, 9.17) is 17.3 Å². The van der Waals surface area contributed by atoms with E-state index in [-0.39, 0.29) is 0 Å². The van der Waals surface area contributed by atoms with E-state index in [1.54, 1.807) is 18.3 Å². The molecule has 0 saturated heterocycles. The van der Waals surface area contributed by atoms with Gasteiger partial charge in [0.25, 0.3) is 0 Å². The van der Waals surface area contributed by atoms with Crippen molar-refractivity contribution in [2.75, 3.05) is 22.9 Å². The van der Waals surface area contributed by atoms with Crippen LogP contribution in [0.15, 0.2) is 24.7 Å². The molecule has 0 amide bonds. The van der Waals surface area contributed by atoms with Crippen molar-refractivity contribution in [2.24, 2.45) is 0 Å². The standard InChI is InChI=1S/C13H17ClN6/c1-2-3-6-17-12-10(15)13(19-8-18-12)20-9-5-4-7-16-11(9)14/h4-5,7-8H,2-3,6,15H2,1H3,(H2,17,18,19,20). The number of nitrogens with one attached hydrogen (secondary N) is 2. The van der Waals surface area contributed by atoms with E-state index >= 15 is 0 Å². The molecule has 2 aromatic rings. The lowest BCUT2D eigenvalue weighted by molar-refractivity contribution is 0.831. The number of unbranched alkanes of at least 4 members (excludes halogenated alkanes) is 1. The third-order valence-corrected chi connectivity index (χ3v) is 3.02. The molecular weight excluding hydrogens is 276 g/mol. The van der Waals surface area contributed by atoms with Gasteiger partial charge in [0, 0.05) is 12.7 Å². The van der Waals surface area contributed by atoms with Gasteiger partial charge < -0.3 is 16.4 Å². The Morgan fingerprint density at radius 2 is 2.05 bits per heavy atom. The summed E-state index contributed by atoms with van der Waals surface area (Å²) in [6.45, 7) is 2.95. The summed E-state index contributed by atoms with van der Waals surface area (Å²) in [6, 6.07) is 3.59. The molecule has 0 radical (unpaired) electrons. The topological polar surface area (TPSA) is 88.8 Å². The van der Waals surface area contributed by atoms with Crippen molar-refractivity contribution in [1.29, 1.82) is 0 Å². The zero-order valence-electron chi connectivity index (χ0n) is 11.2. The van der Waals surface area contributed by atoms with Gasteiger partial charge in [-0.05, 0) is 18.6 Å². The lowest BCUT2D eigenvalue weighted by atomic mass is 10.3. The van der Waals surface area contributed by atoms with E-state index in [0.29, 0.717) is 28.2 Å². The van der Waals surface area contributed by atoms with Gasteiger partial charge in [-0.15, -0.1) is 0 Å². The zero-order valence-corrected chi connectivity index (χ0v) is 12.0. The largest absolute Gasteiger partial charge is 0.393 e. The Balaban J connectivity index is 2.16. The molecule has 4 N–H and O–H groups in total. The molecule has 7 heteroatoms. The molecule has 0 spiro atoms. The van der Waals surface area contributed by atoms with Crippen LogP contribution < -0.4 is 16.4 Å². The highest BCUT2D eigenvalue weighted by molar-refractivity contribution is 6.32. The minimum atomic E-state index is 0.367. The SMILES string of the molecule is CCCCNc1ncnc(Nc2cccnc2Cl)c1N. The van der Waals surface area contributed by atoms with Crippen LogP contribution in [0.25, 0.3) is 0 Å². The molecule has 0 unspecified atom stereocenters. The number of halogens is 1. The van der Waals surface area contributed by atoms with Crippen molar-refractivity contribution < 1.29 is 0 Å². The predicted molar refractivity (Wildman–Crippen MR) is 82.4 cm³/mol. The Bertz CT molecular complexity index is 575. The highest BCUT2D eigenvalue weighted by Gasteiger charge is 2.09. The third-order valence-electron chi connectivity index (χ3n) is 2.72. The Labute approximate surface area is 122 Å². The fraction of sp³-hybridized carbons (Fsp3) is 0.308. The molecule has 0 bridgehead atoms. The second kappa shape index (κ2) is 6.91. The van der Waals surface area contributed by atoms with E-state index in [0.717, 1.165) is 19.4 Å². The van der Waals surface area contributed by atoms with Crippen LogP contribution in [0, 0.1) is 0 Å². The van der Waals surface area contributed by atoms with E-state index in [9.17, 15) is 0 Å². The molecule has 0 aromatic carbocycles. The molecule has 2 heterocycles. The first-order chi connectivity index (χ1) is 9.72. The summed E-state index contributed by atoms with van der Waals surface area (Å²) in [5, 5.41) is 6.62. The number of nitrogen functional groups attached to an aromatic ring is 1. The average Bonchev–Trinajstić information content (AvgIpc) is 2.45. The van der Waals surface area contributed by atoms with Crippen molar-refractivity contribution in [2.45, 2.75) is 19.8 Å². The third kappa shape index (κ3) is 3.48. The molecular formula is C13H17ClN6. The van der Waals surface area contributed by atoms with Crippen LogP contribution in [0.4, 0.5) is 23.0 Å². The minimum absolute atomic E-state index is 0.367. The van der Waals surface area contributed by atoms with Gasteiger partial charge in [-0.3, -0.25) is 0 Å². The van der Waals surface area contributed by atoms with E-state index in [1.807, 2.05) is 0 Å². The zero-order chi connectivity index (χ0) is 14.4. The fourth-order valence-corrected chi connectivity index (χ4v) is 1.79. The Morgan fingerprint density at radius 1 is 1.25 bits per heavy atom. The highest BCUT2D eigenvalue weighted by atomic mass is 35.5. The fourth-order valence-electron chi connectivity index (χ4n) is 1.63. The summed E-state index contributed by atoms with van der Waals surface area (Å²) < 4.78 is 0. The summed E-state index contributed by atoms with van der Waals surface area (Å²) in [4.78, 5) is 12.3. The Morgan fingerprint density at radius 3 is 2.80 bits per heavy atom. The van der Waals surface area contributed by atoms with Gasteiger partial charge in [0.05, 0.1) is 5.69 Å². The monoisotopic (exact) mass is 292 g/mol. The van der Waals surface area contributed by atoms with Crippen LogP contribution >= 0.6 is 11.6 Å². The smallest absolute Gasteiger partial charge is 0.159 e. The van der Waals surface area contributed by atoms with Crippen molar-refractivity contribution >= 4 is 34.6 Å². The summed E-state index contributed by atoms with van der Waals surface area (Å²) >= 11 is 6.00. The summed E-state index contributed by atoms with van der Waals surface area (Å²) in [5.74, 6) is 1.13. The van der Waals surface area contributed by atoms with Crippen molar-refractivity contribution in [3.8, 4) is 0 Å². The van der Waals surface area contributed by atoms with Crippen molar-refractivity contribution in [3.63, 3.8) is 0 Å². The van der Waals surface area contributed by atoms with Crippen LogP contribution in [-0.4, -0.2) is 21.5 Å². The first-order valence-electron chi connectivity index (χ1n) is 6.44. The molecule has 2 rings (SSSR count). The number of aromatic nitrogens is 3. The van der Waals surface area contributed by atoms with Crippen molar-refractivity contribution in [3.05, 3.63) is 29.8 Å². The lowest BCUT2D eigenvalue weighted by Crippen LogP contribution is -2.09. The molecule has 0 fully saturated rings. The second-order valence-electron chi connectivity index (χ2n) is 4.23. The molecule has 0 atom stereocenters. The second-order valence-corrected chi connectivity index (χ2v) is 4.59.